The van der Waals surface area contributed by atoms with Gasteiger partial charge in [0.1, 0.15) is 6.54 Å². The lowest BCUT2D eigenvalue weighted by Gasteiger charge is -2.03. The van der Waals surface area contributed by atoms with Gasteiger partial charge in [-0.05, 0) is 19.4 Å². The Hall–Kier alpha value is -2.49. The van der Waals surface area contributed by atoms with E-state index < -0.39 is 24.3 Å². The molecule has 21 heavy (non-hydrogen) atoms. The highest BCUT2D eigenvalue weighted by molar-refractivity contribution is 5.93. The van der Waals surface area contributed by atoms with Gasteiger partial charge in [0, 0.05) is 0 Å². The van der Waals surface area contributed by atoms with Crippen molar-refractivity contribution in [2.24, 2.45) is 0 Å². The smallest absolute Gasteiger partial charge is 0.322 e. The van der Waals surface area contributed by atoms with E-state index in [4.69, 9.17) is 9.63 Å². The van der Waals surface area contributed by atoms with Crippen LogP contribution in [0.4, 0.5) is 0 Å². The molecule has 0 saturated carbocycles. The Morgan fingerprint density at radius 2 is 2.14 bits per heavy atom. The first-order valence-electron chi connectivity index (χ1n) is 6.40. The molecule has 1 unspecified atom stereocenters. The fourth-order valence-corrected chi connectivity index (χ4v) is 1.84. The first-order chi connectivity index (χ1) is 10.1. The zero-order valence-electron chi connectivity index (χ0n) is 11.1. The van der Waals surface area contributed by atoms with E-state index in [-0.39, 0.29) is 18.4 Å². The maximum absolute atomic E-state index is 11.7. The topological polar surface area (TPSA) is 146 Å². The van der Waals surface area contributed by atoms with E-state index in [1.54, 1.807) is 0 Å². The van der Waals surface area contributed by atoms with Gasteiger partial charge in [-0.2, -0.15) is 4.98 Å². The van der Waals surface area contributed by atoms with Crippen molar-refractivity contribution < 1.29 is 24.0 Å². The quantitative estimate of drug-likeness (QED) is 0.492. The van der Waals surface area contributed by atoms with E-state index in [0.717, 1.165) is 19.4 Å². The lowest BCUT2D eigenvalue weighted by Crippen LogP contribution is -2.39. The number of nitrogens with zero attached hydrogens (tertiary/aromatic N) is 2. The molecule has 1 atom stereocenters. The minimum atomic E-state index is -1.17. The van der Waals surface area contributed by atoms with Crippen LogP contribution >= 0.6 is 0 Å². The molecule has 2 amide bonds. The summed E-state index contributed by atoms with van der Waals surface area (Å²) in [5.74, 6) is -2.26. The fraction of sp³-hybridized carbons (Fsp3) is 0.545. The summed E-state index contributed by atoms with van der Waals surface area (Å²) < 4.78 is 4.99. The van der Waals surface area contributed by atoms with Crippen LogP contribution in [0.3, 0.4) is 0 Å². The van der Waals surface area contributed by atoms with Crippen molar-refractivity contribution in [1.29, 1.82) is 0 Å². The largest absolute Gasteiger partial charge is 0.480 e. The number of carboxylic acids is 1. The minimum Gasteiger partial charge on any atom is -0.480 e. The molecule has 0 spiro atoms. The van der Waals surface area contributed by atoms with E-state index in [2.05, 4.69) is 26.1 Å². The number of hydrogen-bond donors (Lipinski definition) is 4. The van der Waals surface area contributed by atoms with Gasteiger partial charge in [0.05, 0.1) is 12.6 Å². The number of aliphatic carboxylic acids is 1. The van der Waals surface area contributed by atoms with Crippen molar-refractivity contribution in [2.45, 2.75) is 18.9 Å². The second-order valence-corrected chi connectivity index (χ2v) is 4.46. The molecule has 0 aromatic carbocycles. The van der Waals surface area contributed by atoms with Gasteiger partial charge >= 0.3 is 5.97 Å². The van der Waals surface area contributed by atoms with Gasteiger partial charge in [0.15, 0.2) is 0 Å². The van der Waals surface area contributed by atoms with Crippen LogP contribution < -0.4 is 16.0 Å². The van der Waals surface area contributed by atoms with Crippen LogP contribution in [0.15, 0.2) is 4.52 Å². The van der Waals surface area contributed by atoms with Crippen LogP contribution in [0.2, 0.25) is 0 Å². The molecule has 0 radical (unpaired) electrons. The van der Waals surface area contributed by atoms with E-state index in [0.29, 0.717) is 5.89 Å². The molecule has 114 valence electrons. The third-order valence-corrected chi connectivity index (χ3v) is 2.85. The number of carbonyl (C=O) groups is 3. The van der Waals surface area contributed by atoms with Crippen molar-refractivity contribution in [1.82, 2.24) is 26.1 Å². The second-order valence-electron chi connectivity index (χ2n) is 4.46. The number of nitrogens with one attached hydrogen (secondary N) is 3. The molecule has 1 aromatic heterocycles. The fourth-order valence-electron chi connectivity index (χ4n) is 1.84. The number of aromatic nitrogens is 2. The molecule has 2 heterocycles. The van der Waals surface area contributed by atoms with E-state index in [1.165, 1.54) is 0 Å². The monoisotopic (exact) mass is 297 g/mol. The van der Waals surface area contributed by atoms with Crippen LogP contribution in [0.1, 0.15) is 35.4 Å². The molecule has 0 bridgehead atoms. The number of carboxylic acid groups (broad SMARTS) is 1. The van der Waals surface area contributed by atoms with Gasteiger partial charge in [-0.15, -0.1) is 0 Å². The van der Waals surface area contributed by atoms with Crippen LogP contribution in [0.25, 0.3) is 0 Å². The second kappa shape index (κ2) is 6.79. The van der Waals surface area contributed by atoms with Gasteiger partial charge in [0.2, 0.25) is 11.8 Å². The van der Waals surface area contributed by atoms with E-state index in [9.17, 15) is 14.4 Å². The average Bonchev–Trinajstić information content (AvgIpc) is 3.11. The number of amides is 2. The zero-order chi connectivity index (χ0) is 15.2. The Morgan fingerprint density at radius 3 is 2.81 bits per heavy atom. The Bertz CT molecular complexity index is 537. The van der Waals surface area contributed by atoms with Gasteiger partial charge in [-0.1, -0.05) is 5.16 Å². The summed E-state index contributed by atoms with van der Waals surface area (Å²) in [6.45, 7) is -0.00952. The highest BCUT2D eigenvalue weighted by atomic mass is 16.5. The SMILES string of the molecule is O=C(O)CNC(=O)CNC(=O)c1noc(C2CCCN2)n1. The summed E-state index contributed by atoms with van der Waals surface area (Å²) in [4.78, 5) is 37.2. The molecule has 4 N–H and O–H groups in total. The van der Waals surface area contributed by atoms with Crippen molar-refractivity contribution in [3.8, 4) is 0 Å². The van der Waals surface area contributed by atoms with Crippen LogP contribution in [0.5, 0.6) is 0 Å². The molecule has 0 aliphatic carbocycles. The molecule has 10 nitrogen and oxygen atoms in total. The Labute approximate surface area is 119 Å². The summed E-state index contributed by atoms with van der Waals surface area (Å²) in [6, 6.07) is -0.0436. The predicted octanol–water partition coefficient (Wildman–Crippen LogP) is -1.58. The van der Waals surface area contributed by atoms with Gasteiger partial charge in [-0.25, -0.2) is 0 Å². The highest BCUT2D eigenvalue weighted by Crippen LogP contribution is 2.20. The van der Waals surface area contributed by atoms with E-state index in [1.807, 2.05) is 0 Å². The molecule has 1 aliphatic rings. The van der Waals surface area contributed by atoms with E-state index >= 15 is 0 Å². The summed E-state index contributed by atoms with van der Waals surface area (Å²) in [5.41, 5.74) is 0. The van der Waals surface area contributed by atoms with Crippen LogP contribution in [0, 0.1) is 0 Å². The standard InChI is InChI=1S/C11H15N5O5/c17-7(13-5-8(18)19)4-14-10(20)9-15-11(21-16-9)6-2-1-3-12-6/h6,12H,1-5H2,(H,13,17)(H,14,20)(H,18,19). The van der Waals surface area contributed by atoms with Crippen LogP contribution in [-0.2, 0) is 9.59 Å². The predicted molar refractivity (Wildman–Crippen MR) is 67.3 cm³/mol. The van der Waals surface area contributed by atoms with Gasteiger partial charge in [-0.3, -0.25) is 14.4 Å². The zero-order valence-corrected chi connectivity index (χ0v) is 11.1. The molecule has 1 saturated heterocycles. The molecule has 1 aromatic rings. The molecular weight excluding hydrogens is 282 g/mol. The van der Waals surface area contributed by atoms with Crippen molar-refractivity contribution in [3.05, 3.63) is 11.7 Å². The lowest BCUT2D eigenvalue weighted by molar-refractivity contribution is -0.137. The number of hydrogen-bond acceptors (Lipinski definition) is 7. The van der Waals surface area contributed by atoms with Crippen molar-refractivity contribution in [3.63, 3.8) is 0 Å². The molecule has 1 fully saturated rings. The molecular formula is C11H15N5O5. The lowest BCUT2D eigenvalue weighted by atomic mass is 10.2. The number of rotatable bonds is 6. The molecule has 1 aliphatic heterocycles. The van der Waals surface area contributed by atoms with Gasteiger partial charge in [0.25, 0.3) is 11.7 Å². The average molecular weight is 297 g/mol. The Balaban J connectivity index is 1.80. The third kappa shape index (κ3) is 4.24. The first-order valence-corrected chi connectivity index (χ1v) is 6.40. The Kier molecular flexibility index (Phi) is 4.82. The molecule has 2 rings (SSSR count). The maximum Gasteiger partial charge on any atom is 0.322 e. The summed E-state index contributed by atoms with van der Waals surface area (Å²) in [6.07, 6.45) is 1.86. The maximum atomic E-state index is 11.7. The highest BCUT2D eigenvalue weighted by Gasteiger charge is 2.24. The van der Waals surface area contributed by atoms with Crippen molar-refractivity contribution >= 4 is 17.8 Å². The first kappa shape index (κ1) is 14.9. The summed E-state index contributed by atoms with van der Waals surface area (Å²) in [5, 5.41) is 19.5. The van der Waals surface area contributed by atoms with Crippen molar-refractivity contribution in [2.75, 3.05) is 19.6 Å². The summed E-state index contributed by atoms with van der Waals surface area (Å²) >= 11 is 0. The normalized spacial score (nSPS) is 17.4. The molecule has 10 heteroatoms. The number of carbonyl (C=O) groups excluding carboxylic acids is 2. The van der Waals surface area contributed by atoms with Gasteiger partial charge < -0.3 is 25.6 Å². The third-order valence-electron chi connectivity index (χ3n) is 2.85. The Morgan fingerprint density at radius 1 is 1.33 bits per heavy atom. The summed E-state index contributed by atoms with van der Waals surface area (Å²) in [7, 11) is 0. The van der Waals surface area contributed by atoms with Crippen LogP contribution in [-0.4, -0.2) is 52.7 Å². The minimum absolute atomic E-state index is 0.0436.